The summed E-state index contributed by atoms with van der Waals surface area (Å²) >= 11 is 0. The van der Waals surface area contributed by atoms with Crippen LogP contribution in [-0.4, -0.2) is 17.7 Å². The second kappa shape index (κ2) is 3.33. The Kier molecular flexibility index (Phi) is 2.15. The number of carboxylic acids is 1. The van der Waals surface area contributed by atoms with Gasteiger partial charge in [0.15, 0.2) is 0 Å². The molecular formula is C11H12O3. The highest BCUT2D eigenvalue weighted by Gasteiger charge is 2.18. The first-order valence-corrected chi connectivity index (χ1v) is 4.68. The maximum atomic E-state index is 10.8. The number of ether oxygens (including phenoxy) is 1. The van der Waals surface area contributed by atoms with Crippen LogP contribution in [-0.2, 0) is 0 Å². The molecule has 1 aliphatic heterocycles. The summed E-state index contributed by atoms with van der Waals surface area (Å²) in [5.74, 6) is 0.331. The smallest absolute Gasteiger partial charge is 0.335 e. The van der Waals surface area contributed by atoms with Gasteiger partial charge in [-0.2, -0.15) is 0 Å². The number of fused-ring (bicyclic) bond motifs is 1. The Morgan fingerprint density at radius 2 is 2.36 bits per heavy atom. The first kappa shape index (κ1) is 9.06. The maximum Gasteiger partial charge on any atom is 0.335 e. The van der Waals surface area contributed by atoms with Crippen molar-refractivity contribution in [3.63, 3.8) is 0 Å². The monoisotopic (exact) mass is 192 g/mol. The summed E-state index contributed by atoms with van der Waals surface area (Å²) in [7, 11) is 0. The zero-order valence-corrected chi connectivity index (χ0v) is 7.99. The SMILES string of the molecule is CC1CCOc2ccc(C(=O)O)cc21. The third-order valence-electron chi connectivity index (χ3n) is 2.60. The predicted molar refractivity (Wildman–Crippen MR) is 51.9 cm³/mol. The van der Waals surface area contributed by atoms with Gasteiger partial charge in [-0.25, -0.2) is 4.79 Å². The maximum absolute atomic E-state index is 10.8. The minimum Gasteiger partial charge on any atom is -0.493 e. The van der Waals surface area contributed by atoms with Gasteiger partial charge in [-0.05, 0) is 36.1 Å². The molecule has 0 aliphatic carbocycles. The Morgan fingerprint density at radius 3 is 3.07 bits per heavy atom. The van der Waals surface area contributed by atoms with Gasteiger partial charge in [0.2, 0.25) is 0 Å². The molecular weight excluding hydrogens is 180 g/mol. The molecule has 1 aliphatic rings. The van der Waals surface area contributed by atoms with E-state index in [9.17, 15) is 4.79 Å². The highest BCUT2D eigenvalue weighted by Crippen LogP contribution is 2.33. The van der Waals surface area contributed by atoms with E-state index < -0.39 is 5.97 Å². The molecule has 1 unspecified atom stereocenters. The molecule has 1 N–H and O–H groups in total. The second-order valence-corrected chi connectivity index (χ2v) is 3.60. The average molecular weight is 192 g/mol. The molecule has 2 rings (SSSR count). The lowest BCUT2D eigenvalue weighted by molar-refractivity contribution is 0.0696. The normalized spacial score (nSPS) is 19.6. The molecule has 3 heteroatoms. The van der Waals surface area contributed by atoms with Crippen LogP contribution in [0.25, 0.3) is 0 Å². The fourth-order valence-corrected chi connectivity index (χ4v) is 1.70. The minimum absolute atomic E-state index is 0.334. The number of benzene rings is 1. The van der Waals surface area contributed by atoms with Crippen molar-refractivity contribution >= 4 is 5.97 Å². The first-order valence-electron chi connectivity index (χ1n) is 4.68. The van der Waals surface area contributed by atoms with Crippen molar-refractivity contribution in [1.82, 2.24) is 0 Å². The van der Waals surface area contributed by atoms with E-state index in [0.717, 1.165) is 24.3 Å². The van der Waals surface area contributed by atoms with Gasteiger partial charge >= 0.3 is 5.97 Å². The van der Waals surface area contributed by atoms with Gasteiger partial charge in [0, 0.05) is 0 Å². The van der Waals surface area contributed by atoms with Crippen molar-refractivity contribution in [2.75, 3.05) is 6.61 Å². The summed E-state index contributed by atoms with van der Waals surface area (Å²) in [6.45, 7) is 2.81. The van der Waals surface area contributed by atoms with Crippen molar-refractivity contribution in [2.24, 2.45) is 0 Å². The molecule has 0 aromatic heterocycles. The number of carboxylic acid groups (broad SMARTS) is 1. The van der Waals surface area contributed by atoms with E-state index >= 15 is 0 Å². The molecule has 1 aromatic rings. The fraction of sp³-hybridized carbons (Fsp3) is 0.364. The molecule has 1 aromatic carbocycles. The van der Waals surface area contributed by atoms with Crippen molar-refractivity contribution in [3.8, 4) is 5.75 Å². The van der Waals surface area contributed by atoms with Crippen molar-refractivity contribution < 1.29 is 14.6 Å². The van der Waals surface area contributed by atoms with Gasteiger partial charge < -0.3 is 9.84 Å². The Morgan fingerprint density at radius 1 is 1.57 bits per heavy atom. The number of aromatic carboxylic acids is 1. The molecule has 0 bridgehead atoms. The highest BCUT2D eigenvalue weighted by molar-refractivity contribution is 5.88. The molecule has 14 heavy (non-hydrogen) atoms. The second-order valence-electron chi connectivity index (χ2n) is 3.60. The molecule has 1 heterocycles. The van der Waals surface area contributed by atoms with Gasteiger partial charge in [-0.3, -0.25) is 0 Å². The van der Waals surface area contributed by atoms with Crippen LogP contribution in [0.2, 0.25) is 0 Å². The number of hydrogen-bond donors (Lipinski definition) is 1. The fourth-order valence-electron chi connectivity index (χ4n) is 1.70. The molecule has 0 saturated heterocycles. The third-order valence-corrected chi connectivity index (χ3v) is 2.60. The molecule has 0 fully saturated rings. The van der Waals surface area contributed by atoms with Gasteiger partial charge in [0.1, 0.15) is 5.75 Å². The van der Waals surface area contributed by atoms with E-state index in [1.807, 2.05) is 0 Å². The highest BCUT2D eigenvalue weighted by atomic mass is 16.5. The van der Waals surface area contributed by atoms with E-state index in [4.69, 9.17) is 9.84 Å². The van der Waals surface area contributed by atoms with E-state index in [2.05, 4.69) is 6.92 Å². The summed E-state index contributed by atoms with van der Waals surface area (Å²) in [4.78, 5) is 10.8. The standard InChI is InChI=1S/C11H12O3/c1-7-4-5-14-10-3-2-8(11(12)13)6-9(7)10/h2-3,6-7H,4-5H2,1H3,(H,12,13). The summed E-state index contributed by atoms with van der Waals surface area (Å²) < 4.78 is 5.44. The molecule has 74 valence electrons. The predicted octanol–water partition coefficient (Wildman–Crippen LogP) is 2.27. The molecule has 0 saturated carbocycles. The lowest BCUT2D eigenvalue weighted by atomic mass is 9.93. The summed E-state index contributed by atoms with van der Waals surface area (Å²) in [6, 6.07) is 5.04. The lowest BCUT2D eigenvalue weighted by Crippen LogP contribution is -2.12. The quantitative estimate of drug-likeness (QED) is 0.742. The molecule has 3 nitrogen and oxygen atoms in total. The van der Waals surface area contributed by atoms with E-state index in [1.165, 1.54) is 0 Å². The average Bonchev–Trinajstić information content (AvgIpc) is 2.18. The first-order chi connectivity index (χ1) is 6.68. The van der Waals surface area contributed by atoms with Crippen LogP contribution >= 0.6 is 0 Å². The lowest BCUT2D eigenvalue weighted by Gasteiger charge is -2.23. The van der Waals surface area contributed by atoms with Crippen LogP contribution in [0.15, 0.2) is 18.2 Å². The summed E-state index contributed by atoms with van der Waals surface area (Å²) in [5, 5.41) is 8.83. The van der Waals surface area contributed by atoms with Gasteiger partial charge in [0.25, 0.3) is 0 Å². The molecule has 0 radical (unpaired) electrons. The number of carbonyl (C=O) groups is 1. The third kappa shape index (κ3) is 1.45. The molecule has 0 spiro atoms. The van der Waals surface area contributed by atoms with Crippen molar-refractivity contribution in [1.29, 1.82) is 0 Å². The van der Waals surface area contributed by atoms with Crippen LogP contribution in [0.4, 0.5) is 0 Å². The van der Waals surface area contributed by atoms with Crippen LogP contribution in [0.1, 0.15) is 35.2 Å². The zero-order valence-electron chi connectivity index (χ0n) is 7.99. The van der Waals surface area contributed by atoms with Crippen LogP contribution in [0, 0.1) is 0 Å². The van der Waals surface area contributed by atoms with E-state index in [0.29, 0.717) is 11.5 Å². The topological polar surface area (TPSA) is 46.5 Å². The molecule has 0 amide bonds. The Labute approximate surface area is 82.3 Å². The number of rotatable bonds is 1. The Balaban J connectivity index is 2.45. The minimum atomic E-state index is -0.884. The zero-order chi connectivity index (χ0) is 10.1. The Hall–Kier alpha value is -1.51. The van der Waals surface area contributed by atoms with Crippen LogP contribution < -0.4 is 4.74 Å². The Bertz CT molecular complexity index is 371. The van der Waals surface area contributed by atoms with E-state index in [-0.39, 0.29) is 0 Å². The van der Waals surface area contributed by atoms with E-state index in [1.54, 1.807) is 18.2 Å². The van der Waals surface area contributed by atoms with Gasteiger partial charge in [-0.15, -0.1) is 0 Å². The van der Waals surface area contributed by atoms with Gasteiger partial charge in [-0.1, -0.05) is 6.92 Å². The van der Waals surface area contributed by atoms with Crippen LogP contribution in [0.5, 0.6) is 5.75 Å². The number of hydrogen-bond acceptors (Lipinski definition) is 2. The van der Waals surface area contributed by atoms with Gasteiger partial charge in [0.05, 0.1) is 12.2 Å². The largest absolute Gasteiger partial charge is 0.493 e. The molecule has 1 atom stereocenters. The van der Waals surface area contributed by atoms with Crippen molar-refractivity contribution in [2.45, 2.75) is 19.3 Å². The summed E-state index contributed by atoms with van der Waals surface area (Å²) in [6.07, 6.45) is 0.954. The van der Waals surface area contributed by atoms with Crippen molar-refractivity contribution in [3.05, 3.63) is 29.3 Å². The van der Waals surface area contributed by atoms with Crippen LogP contribution in [0.3, 0.4) is 0 Å². The summed E-state index contributed by atoms with van der Waals surface area (Å²) in [5.41, 5.74) is 1.34.